The Hall–Kier alpha value is -0.420. The first-order chi connectivity index (χ1) is 9.75. The van der Waals surface area contributed by atoms with Gasteiger partial charge in [0.05, 0.1) is 20.6 Å². The van der Waals surface area contributed by atoms with Gasteiger partial charge in [-0.2, -0.15) is 13.2 Å². The van der Waals surface area contributed by atoms with Gasteiger partial charge in [-0.1, -0.05) is 68.9 Å². The van der Waals surface area contributed by atoms with Crippen molar-refractivity contribution in [1.82, 2.24) is 0 Å². The number of benzene rings is 2. The second-order valence-electron chi connectivity index (χ2n) is 4.23. The molecule has 0 unspecified atom stereocenters. The highest BCUT2D eigenvalue weighted by atomic mass is 79.9. The molecular weight excluding hydrogens is 411 g/mol. The molecule has 2 aromatic carbocycles. The van der Waals surface area contributed by atoms with Gasteiger partial charge in [0.2, 0.25) is 0 Å². The zero-order valence-electron chi connectivity index (χ0n) is 10.2. The molecule has 21 heavy (non-hydrogen) atoms. The quantitative estimate of drug-likeness (QED) is 0.357. The van der Waals surface area contributed by atoms with E-state index in [1.54, 1.807) is 12.1 Å². The molecule has 0 aliphatic heterocycles. The first-order valence-electron chi connectivity index (χ1n) is 5.65. The Morgan fingerprint density at radius 3 is 2.19 bits per heavy atom. The molecule has 7 heteroatoms. The van der Waals surface area contributed by atoms with E-state index in [9.17, 15) is 13.2 Å². The van der Waals surface area contributed by atoms with Crippen LogP contribution in [0.4, 0.5) is 13.2 Å². The van der Waals surface area contributed by atoms with Crippen LogP contribution in [-0.2, 0) is 11.5 Å². The Balaban J connectivity index is 2.64. The van der Waals surface area contributed by atoms with Crippen LogP contribution >= 0.6 is 50.7 Å². The molecule has 0 spiro atoms. The number of halogens is 7. The average molecular weight is 418 g/mol. The predicted octanol–water partition coefficient (Wildman–Crippen LogP) is 7.23. The van der Waals surface area contributed by atoms with Gasteiger partial charge in [0, 0.05) is 10.9 Å². The fraction of sp³-hybridized carbons (Fsp3) is 0.143. The average Bonchev–Trinajstić information content (AvgIpc) is 2.43. The monoisotopic (exact) mass is 416 g/mol. The Morgan fingerprint density at radius 2 is 1.62 bits per heavy atom. The van der Waals surface area contributed by atoms with Crippen molar-refractivity contribution in [3.8, 4) is 11.1 Å². The summed E-state index contributed by atoms with van der Waals surface area (Å²) in [6.45, 7) is 0. The maximum atomic E-state index is 13.1. The van der Waals surface area contributed by atoms with Gasteiger partial charge in [-0.05, 0) is 23.3 Å². The van der Waals surface area contributed by atoms with Gasteiger partial charge in [0.15, 0.2) is 0 Å². The molecule has 0 amide bonds. The summed E-state index contributed by atoms with van der Waals surface area (Å²) in [5.41, 5.74) is 0.176. The molecular formula is C14H7BrCl3F3. The molecule has 112 valence electrons. The summed E-state index contributed by atoms with van der Waals surface area (Å²) in [6, 6.07) is 7.07. The topological polar surface area (TPSA) is 0 Å². The third-order valence-electron chi connectivity index (χ3n) is 2.91. The summed E-state index contributed by atoms with van der Waals surface area (Å²) in [7, 11) is 0. The van der Waals surface area contributed by atoms with Crippen LogP contribution in [-0.4, -0.2) is 0 Å². The van der Waals surface area contributed by atoms with Crippen LogP contribution in [0.15, 0.2) is 30.3 Å². The minimum atomic E-state index is -4.44. The van der Waals surface area contributed by atoms with Gasteiger partial charge >= 0.3 is 6.18 Å². The maximum Gasteiger partial charge on any atom is 0.416 e. The standard InChI is InChI=1S/C14H7BrCl3F3/c15-6-8-2-1-7(5-10(8)14(19,20)21)9-3-4-11(16)13(18)12(9)17/h1-5H,6H2. The highest BCUT2D eigenvalue weighted by Gasteiger charge is 2.33. The van der Waals surface area contributed by atoms with Crippen LogP contribution in [0.2, 0.25) is 15.1 Å². The van der Waals surface area contributed by atoms with Gasteiger partial charge < -0.3 is 0 Å². The lowest BCUT2D eigenvalue weighted by molar-refractivity contribution is -0.138. The lowest BCUT2D eigenvalue weighted by atomic mass is 9.99. The Kier molecular flexibility index (Phi) is 5.14. The van der Waals surface area contributed by atoms with Crippen LogP contribution in [0.3, 0.4) is 0 Å². The molecule has 0 fully saturated rings. The fourth-order valence-corrected chi connectivity index (χ4v) is 3.01. The molecule has 0 heterocycles. The van der Waals surface area contributed by atoms with Crippen molar-refractivity contribution in [2.45, 2.75) is 11.5 Å². The molecule has 0 nitrogen and oxygen atoms in total. The molecule has 0 saturated heterocycles. The predicted molar refractivity (Wildman–Crippen MR) is 84.5 cm³/mol. The second-order valence-corrected chi connectivity index (χ2v) is 5.95. The van der Waals surface area contributed by atoms with Crippen molar-refractivity contribution < 1.29 is 13.2 Å². The van der Waals surface area contributed by atoms with Crippen molar-refractivity contribution in [1.29, 1.82) is 0 Å². The largest absolute Gasteiger partial charge is 0.416 e. The van der Waals surface area contributed by atoms with Gasteiger partial charge in [-0.25, -0.2) is 0 Å². The van der Waals surface area contributed by atoms with E-state index in [0.29, 0.717) is 11.1 Å². The van der Waals surface area contributed by atoms with Crippen LogP contribution in [0.5, 0.6) is 0 Å². The zero-order chi connectivity index (χ0) is 15.8. The van der Waals surface area contributed by atoms with E-state index < -0.39 is 11.7 Å². The van der Waals surface area contributed by atoms with Crippen molar-refractivity contribution >= 4 is 50.7 Å². The highest BCUT2D eigenvalue weighted by Crippen LogP contribution is 2.41. The minimum absolute atomic E-state index is 0.108. The van der Waals surface area contributed by atoms with Gasteiger partial charge in [0.25, 0.3) is 0 Å². The van der Waals surface area contributed by atoms with E-state index in [0.717, 1.165) is 6.07 Å². The SMILES string of the molecule is FC(F)(F)c1cc(-c2ccc(Cl)c(Cl)c2Cl)ccc1CBr. The summed E-state index contributed by atoms with van der Waals surface area (Å²) in [5.74, 6) is 0. The first-order valence-corrected chi connectivity index (χ1v) is 7.91. The van der Waals surface area contributed by atoms with Crippen molar-refractivity contribution in [3.05, 3.63) is 56.5 Å². The Labute approximate surface area is 142 Å². The number of rotatable bonds is 2. The third-order valence-corrected chi connectivity index (χ3v) is 4.80. The minimum Gasteiger partial charge on any atom is -0.166 e. The molecule has 0 radical (unpaired) electrons. The molecule has 2 rings (SSSR count). The first kappa shape index (κ1) is 16.9. The van der Waals surface area contributed by atoms with E-state index in [2.05, 4.69) is 15.9 Å². The summed E-state index contributed by atoms with van der Waals surface area (Å²) >= 11 is 20.9. The summed E-state index contributed by atoms with van der Waals surface area (Å²) in [5, 5.41) is 0.605. The molecule has 2 aromatic rings. The lowest BCUT2D eigenvalue weighted by Crippen LogP contribution is -2.08. The van der Waals surface area contributed by atoms with Gasteiger partial charge in [0.1, 0.15) is 0 Å². The summed E-state index contributed by atoms with van der Waals surface area (Å²) in [4.78, 5) is 0. The van der Waals surface area contributed by atoms with Crippen molar-refractivity contribution in [3.63, 3.8) is 0 Å². The number of alkyl halides is 4. The fourth-order valence-electron chi connectivity index (χ4n) is 1.87. The maximum absolute atomic E-state index is 13.1. The third kappa shape index (κ3) is 3.50. The van der Waals surface area contributed by atoms with Crippen LogP contribution in [0.1, 0.15) is 11.1 Å². The van der Waals surface area contributed by atoms with E-state index in [1.807, 2.05) is 0 Å². The van der Waals surface area contributed by atoms with Crippen molar-refractivity contribution in [2.24, 2.45) is 0 Å². The molecule has 0 aliphatic rings. The molecule has 0 atom stereocenters. The van der Waals surface area contributed by atoms with E-state index in [4.69, 9.17) is 34.8 Å². The van der Waals surface area contributed by atoms with Crippen molar-refractivity contribution in [2.75, 3.05) is 0 Å². The van der Waals surface area contributed by atoms with E-state index >= 15 is 0 Å². The number of hydrogen-bond donors (Lipinski definition) is 0. The number of hydrogen-bond acceptors (Lipinski definition) is 0. The molecule has 0 saturated carbocycles. The van der Waals surface area contributed by atoms with Crippen LogP contribution < -0.4 is 0 Å². The zero-order valence-corrected chi connectivity index (χ0v) is 14.1. The molecule has 0 aromatic heterocycles. The van der Waals surface area contributed by atoms with E-state index in [1.165, 1.54) is 12.1 Å². The second kappa shape index (κ2) is 6.37. The Morgan fingerprint density at radius 1 is 0.952 bits per heavy atom. The van der Waals surface area contributed by atoms with Crippen LogP contribution in [0, 0.1) is 0 Å². The molecule has 0 aliphatic carbocycles. The van der Waals surface area contributed by atoms with Gasteiger partial charge in [-0.3, -0.25) is 0 Å². The molecule has 0 N–H and O–H groups in total. The highest BCUT2D eigenvalue weighted by molar-refractivity contribution is 9.08. The normalized spacial score (nSPS) is 11.8. The summed E-state index contributed by atoms with van der Waals surface area (Å²) in [6.07, 6.45) is -4.44. The lowest BCUT2D eigenvalue weighted by Gasteiger charge is -2.14. The van der Waals surface area contributed by atoms with Gasteiger partial charge in [-0.15, -0.1) is 0 Å². The Bertz CT molecular complexity index is 684. The van der Waals surface area contributed by atoms with E-state index in [-0.39, 0.29) is 26.0 Å². The van der Waals surface area contributed by atoms with Crippen LogP contribution in [0.25, 0.3) is 11.1 Å². The summed E-state index contributed by atoms with van der Waals surface area (Å²) < 4.78 is 39.2. The smallest absolute Gasteiger partial charge is 0.166 e. The molecule has 0 bridgehead atoms.